The number of fused-ring (bicyclic) bond motifs is 4. The quantitative estimate of drug-likeness (QED) is 0.259. The van der Waals surface area contributed by atoms with Gasteiger partial charge in [0.1, 0.15) is 11.1 Å². The van der Waals surface area contributed by atoms with Gasteiger partial charge in [0.2, 0.25) is 0 Å². The molecule has 1 aliphatic heterocycles. The lowest BCUT2D eigenvalue weighted by Crippen LogP contribution is -2.23. The lowest BCUT2D eigenvalue weighted by Gasteiger charge is -2.37. The zero-order valence-electron chi connectivity index (χ0n) is 19.6. The second-order valence-electron chi connectivity index (χ2n) is 9.17. The van der Waals surface area contributed by atoms with Gasteiger partial charge in [0.25, 0.3) is 0 Å². The molecule has 1 unspecified atom stereocenters. The van der Waals surface area contributed by atoms with Crippen LogP contribution in [0.2, 0.25) is 0 Å². The van der Waals surface area contributed by atoms with Crippen molar-refractivity contribution in [3.8, 4) is 0 Å². The predicted molar refractivity (Wildman–Crippen MR) is 148 cm³/mol. The molecule has 0 saturated heterocycles. The highest BCUT2D eigenvalue weighted by molar-refractivity contribution is 7.17. The van der Waals surface area contributed by atoms with Gasteiger partial charge in [-0.25, -0.2) is 0 Å². The second-order valence-corrected chi connectivity index (χ2v) is 10.3. The monoisotopic (exact) mass is 486 g/mol. The van der Waals surface area contributed by atoms with Crippen LogP contribution in [0.1, 0.15) is 26.9 Å². The number of hydrogen-bond donors (Lipinski definition) is 1. The fourth-order valence-corrected chi connectivity index (χ4v) is 6.32. The maximum atomic E-state index is 13.3. The maximum Gasteiger partial charge on any atom is 0.192 e. The van der Waals surface area contributed by atoms with Gasteiger partial charge in [-0.2, -0.15) is 0 Å². The molecule has 174 valence electrons. The minimum atomic E-state index is -0.923. The van der Waals surface area contributed by atoms with E-state index in [0.29, 0.717) is 16.7 Å². The van der Waals surface area contributed by atoms with E-state index in [9.17, 15) is 9.90 Å². The third-order valence-corrected chi connectivity index (χ3v) is 8.13. The number of Topliss-reactive ketones (excluding diaryl/α,β-unsaturated/α-hetero) is 1. The number of hydrogen-bond acceptors (Lipinski definition) is 5. The Kier molecular flexibility index (Phi) is 4.64. The smallest absolute Gasteiger partial charge is 0.192 e. The lowest BCUT2D eigenvalue weighted by atomic mass is 10.0. The summed E-state index contributed by atoms with van der Waals surface area (Å²) in [6.45, 7) is 0. The zero-order chi connectivity index (χ0) is 24.4. The SMILES string of the molecule is CN1c2ccccc2N(c2ccc(/C=C3\C(=O)c4cc5ccccc5cc4C3O)s2)c2ccccc21. The highest BCUT2D eigenvalue weighted by Crippen LogP contribution is 2.52. The van der Waals surface area contributed by atoms with E-state index < -0.39 is 6.10 Å². The topological polar surface area (TPSA) is 43.8 Å². The molecular weight excluding hydrogens is 464 g/mol. The molecule has 1 aliphatic carbocycles. The van der Waals surface area contributed by atoms with Crippen LogP contribution in [0.5, 0.6) is 0 Å². The van der Waals surface area contributed by atoms with Crippen molar-refractivity contribution in [1.82, 2.24) is 0 Å². The van der Waals surface area contributed by atoms with Gasteiger partial charge in [0.15, 0.2) is 5.78 Å². The maximum absolute atomic E-state index is 13.3. The van der Waals surface area contributed by atoms with E-state index in [-0.39, 0.29) is 5.78 Å². The van der Waals surface area contributed by atoms with Crippen molar-refractivity contribution in [3.63, 3.8) is 0 Å². The van der Waals surface area contributed by atoms with E-state index in [2.05, 4.69) is 71.4 Å². The van der Waals surface area contributed by atoms with Gasteiger partial charge in [-0.05, 0) is 70.9 Å². The van der Waals surface area contributed by atoms with Crippen molar-refractivity contribution in [2.75, 3.05) is 16.8 Å². The van der Waals surface area contributed by atoms with Gasteiger partial charge in [-0.1, -0.05) is 48.5 Å². The molecule has 4 nitrogen and oxygen atoms in total. The van der Waals surface area contributed by atoms with Crippen molar-refractivity contribution in [2.45, 2.75) is 6.10 Å². The Hall–Kier alpha value is -4.19. The number of benzene rings is 4. The van der Waals surface area contributed by atoms with Crippen molar-refractivity contribution in [1.29, 1.82) is 0 Å². The summed E-state index contributed by atoms with van der Waals surface area (Å²) in [7, 11) is 2.09. The van der Waals surface area contributed by atoms with E-state index in [1.807, 2.05) is 48.5 Å². The molecule has 36 heavy (non-hydrogen) atoms. The molecule has 1 atom stereocenters. The van der Waals surface area contributed by atoms with Crippen LogP contribution >= 0.6 is 11.3 Å². The molecule has 2 heterocycles. The summed E-state index contributed by atoms with van der Waals surface area (Å²) in [5, 5.41) is 14.2. The number of ketones is 1. The van der Waals surface area contributed by atoms with Gasteiger partial charge in [-0.3, -0.25) is 9.69 Å². The molecule has 4 aromatic carbocycles. The molecule has 0 saturated carbocycles. The van der Waals surface area contributed by atoms with E-state index in [4.69, 9.17) is 0 Å². The van der Waals surface area contributed by atoms with E-state index in [0.717, 1.165) is 43.4 Å². The Balaban J connectivity index is 1.30. The second kappa shape index (κ2) is 7.92. The first kappa shape index (κ1) is 21.1. The van der Waals surface area contributed by atoms with E-state index in [1.54, 1.807) is 11.3 Å². The summed E-state index contributed by atoms with van der Waals surface area (Å²) in [5.41, 5.74) is 6.18. The summed E-state index contributed by atoms with van der Waals surface area (Å²) in [6, 6.07) is 32.6. The Bertz CT molecular complexity index is 1670. The van der Waals surface area contributed by atoms with E-state index in [1.165, 1.54) is 0 Å². The third-order valence-electron chi connectivity index (χ3n) is 7.11. The van der Waals surface area contributed by atoms with Gasteiger partial charge in [0, 0.05) is 23.1 Å². The molecule has 2 aliphatic rings. The van der Waals surface area contributed by atoms with Gasteiger partial charge < -0.3 is 10.0 Å². The highest BCUT2D eigenvalue weighted by atomic mass is 32.1. The fraction of sp³-hybridized carbons (Fsp3) is 0.0645. The molecule has 0 bridgehead atoms. The van der Waals surface area contributed by atoms with Crippen LogP contribution in [0, 0.1) is 0 Å². The molecule has 5 aromatic rings. The summed E-state index contributed by atoms with van der Waals surface area (Å²) < 4.78 is 0. The molecular formula is C31H22N2O2S. The number of carbonyl (C=O) groups excluding carboxylic acids is 1. The standard InChI is InChI=1S/C31H22N2O2S/c1-32-25-10-4-6-12-27(25)33(28-13-7-5-11-26(28)32)29-15-14-21(36-29)18-24-30(34)22-16-19-8-2-3-9-20(19)17-23(22)31(24)35/h2-18,30,34H,1H3/b24-18-. The Morgan fingerprint density at radius 2 is 1.36 bits per heavy atom. The van der Waals surface area contributed by atoms with Crippen molar-refractivity contribution < 1.29 is 9.90 Å². The summed E-state index contributed by atoms with van der Waals surface area (Å²) in [5.74, 6) is -0.103. The number of nitrogens with zero attached hydrogens (tertiary/aromatic N) is 2. The first-order chi connectivity index (χ1) is 17.6. The number of thiophene rings is 1. The average Bonchev–Trinajstić information content (AvgIpc) is 3.46. The van der Waals surface area contributed by atoms with Crippen molar-refractivity contribution in [2.24, 2.45) is 0 Å². The molecule has 1 aromatic heterocycles. The number of aliphatic hydroxyl groups is 1. The van der Waals surface area contributed by atoms with Gasteiger partial charge in [-0.15, -0.1) is 11.3 Å². The number of rotatable bonds is 2. The molecule has 7 rings (SSSR count). The van der Waals surface area contributed by atoms with Gasteiger partial charge in [0.05, 0.1) is 22.7 Å². The number of anilines is 5. The summed E-state index contributed by atoms with van der Waals surface area (Å²) >= 11 is 1.61. The summed E-state index contributed by atoms with van der Waals surface area (Å²) in [4.78, 5) is 18.7. The van der Waals surface area contributed by atoms with Crippen LogP contribution in [0.4, 0.5) is 27.8 Å². The molecule has 5 heteroatoms. The largest absolute Gasteiger partial charge is 0.383 e. The van der Waals surface area contributed by atoms with Crippen LogP contribution < -0.4 is 9.80 Å². The third kappa shape index (κ3) is 3.07. The summed E-state index contributed by atoms with van der Waals surface area (Å²) in [6.07, 6.45) is 0.924. The van der Waals surface area contributed by atoms with Crippen LogP contribution in [0.15, 0.2) is 103 Å². The normalized spacial score (nSPS) is 17.4. The molecule has 0 amide bonds. The van der Waals surface area contributed by atoms with Crippen molar-refractivity contribution in [3.05, 3.63) is 119 Å². The Morgan fingerprint density at radius 1 is 0.778 bits per heavy atom. The Morgan fingerprint density at radius 3 is 2.03 bits per heavy atom. The minimum Gasteiger partial charge on any atom is -0.383 e. The molecule has 0 radical (unpaired) electrons. The van der Waals surface area contributed by atoms with Crippen molar-refractivity contribution >= 4 is 61.7 Å². The number of para-hydroxylation sites is 4. The number of carbonyl (C=O) groups is 1. The van der Waals surface area contributed by atoms with Crippen LogP contribution in [-0.4, -0.2) is 17.9 Å². The Labute approximate surface area is 213 Å². The minimum absolute atomic E-state index is 0.103. The molecule has 0 fully saturated rings. The zero-order valence-corrected chi connectivity index (χ0v) is 20.4. The van der Waals surface area contributed by atoms with Crippen LogP contribution in [-0.2, 0) is 0 Å². The van der Waals surface area contributed by atoms with Crippen LogP contribution in [0.25, 0.3) is 16.8 Å². The van der Waals surface area contributed by atoms with Crippen LogP contribution in [0.3, 0.4) is 0 Å². The van der Waals surface area contributed by atoms with E-state index >= 15 is 0 Å². The fourth-order valence-electron chi connectivity index (χ4n) is 5.34. The first-order valence-electron chi connectivity index (χ1n) is 11.9. The number of aliphatic hydroxyl groups excluding tert-OH is 1. The predicted octanol–water partition coefficient (Wildman–Crippen LogP) is 7.77. The lowest BCUT2D eigenvalue weighted by molar-refractivity contribution is 0.102. The first-order valence-corrected chi connectivity index (χ1v) is 12.7. The van der Waals surface area contributed by atoms with Gasteiger partial charge >= 0.3 is 0 Å². The average molecular weight is 487 g/mol. The molecule has 0 spiro atoms. The highest BCUT2D eigenvalue weighted by Gasteiger charge is 2.34. The molecule has 1 N–H and O–H groups in total.